The molecule has 0 aromatic carbocycles. The third kappa shape index (κ3) is 4.83. The Morgan fingerprint density at radius 1 is 1.10 bits per heavy atom. The van der Waals surface area contributed by atoms with Crippen molar-refractivity contribution >= 4 is 11.9 Å². The molecule has 1 rings (SSSR count). The first-order chi connectivity index (χ1) is 9.64. The number of aromatic nitrogens is 3. The third-order valence-electron chi connectivity index (χ3n) is 3.06. The molecule has 0 aliphatic heterocycles. The van der Waals surface area contributed by atoms with Crippen LogP contribution in [0.5, 0.6) is 6.01 Å². The topological polar surface area (TPSA) is 63.2 Å². The molecule has 114 valence electrons. The van der Waals surface area contributed by atoms with Gasteiger partial charge in [-0.05, 0) is 33.6 Å². The van der Waals surface area contributed by atoms with Crippen LogP contribution in [0.4, 0.5) is 11.9 Å². The molecule has 6 nitrogen and oxygen atoms in total. The Bertz CT molecular complexity index is 395. The van der Waals surface area contributed by atoms with Crippen molar-refractivity contribution in [2.75, 3.05) is 29.9 Å². The van der Waals surface area contributed by atoms with Crippen LogP contribution in [-0.4, -0.2) is 40.7 Å². The molecule has 0 fully saturated rings. The van der Waals surface area contributed by atoms with E-state index in [1.54, 1.807) is 0 Å². The fourth-order valence-electron chi connectivity index (χ4n) is 1.63. The van der Waals surface area contributed by atoms with Crippen LogP contribution in [0.2, 0.25) is 0 Å². The van der Waals surface area contributed by atoms with Crippen LogP contribution >= 0.6 is 0 Å². The molecule has 1 heterocycles. The van der Waals surface area contributed by atoms with Gasteiger partial charge in [0.15, 0.2) is 0 Å². The van der Waals surface area contributed by atoms with Crippen molar-refractivity contribution in [1.82, 2.24) is 15.0 Å². The Hall–Kier alpha value is -1.59. The highest BCUT2D eigenvalue weighted by Crippen LogP contribution is 2.16. The van der Waals surface area contributed by atoms with E-state index < -0.39 is 0 Å². The number of nitrogens with one attached hydrogen (secondary N) is 1. The van der Waals surface area contributed by atoms with Gasteiger partial charge in [-0.1, -0.05) is 13.8 Å². The highest BCUT2D eigenvalue weighted by atomic mass is 16.5. The maximum atomic E-state index is 5.74. The number of nitrogens with zero attached hydrogens (tertiary/aromatic N) is 4. The molecule has 1 aromatic rings. The molecule has 1 aromatic heterocycles. The lowest BCUT2D eigenvalue weighted by molar-refractivity contribution is 0.199. The lowest BCUT2D eigenvalue weighted by Crippen LogP contribution is -2.25. The number of ether oxygens (including phenoxy) is 1. The fraction of sp³-hybridized carbons (Fsp3) is 0.786. The molecule has 1 N–H and O–H groups in total. The van der Waals surface area contributed by atoms with Crippen LogP contribution in [0.15, 0.2) is 0 Å². The van der Waals surface area contributed by atoms with Crippen molar-refractivity contribution in [2.45, 2.75) is 53.6 Å². The standard InChI is InChI=1S/C14H27N5O/c1-6-10-15-12-16-13(19(8-3)9-4)18-14(17-12)20-11(5)7-2/h11H,6-10H2,1-5H3,(H,15,16,17,18). The zero-order valence-corrected chi connectivity index (χ0v) is 13.3. The molecule has 6 heteroatoms. The summed E-state index contributed by atoms with van der Waals surface area (Å²) >= 11 is 0. The summed E-state index contributed by atoms with van der Waals surface area (Å²) in [4.78, 5) is 15.3. The molecule has 20 heavy (non-hydrogen) atoms. The van der Waals surface area contributed by atoms with Crippen LogP contribution in [0.25, 0.3) is 0 Å². The number of rotatable bonds is 9. The largest absolute Gasteiger partial charge is 0.460 e. The highest BCUT2D eigenvalue weighted by molar-refractivity contribution is 5.38. The van der Waals surface area contributed by atoms with Gasteiger partial charge in [0, 0.05) is 19.6 Å². The summed E-state index contributed by atoms with van der Waals surface area (Å²) in [6, 6.07) is 0.398. The molecule has 1 unspecified atom stereocenters. The second-order valence-corrected chi connectivity index (χ2v) is 4.68. The molecule has 0 spiro atoms. The van der Waals surface area contributed by atoms with Gasteiger partial charge in [0.05, 0.1) is 6.10 Å². The quantitative estimate of drug-likeness (QED) is 0.751. The second-order valence-electron chi connectivity index (χ2n) is 4.68. The minimum atomic E-state index is 0.0981. The molecule has 0 saturated carbocycles. The Kier molecular flexibility index (Phi) is 7.04. The van der Waals surface area contributed by atoms with Gasteiger partial charge in [-0.3, -0.25) is 0 Å². The number of hydrogen-bond donors (Lipinski definition) is 1. The van der Waals surface area contributed by atoms with E-state index in [1.807, 2.05) is 6.92 Å². The molecule has 0 aliphatic rings. The predicted octanol–water partition coefficient (Wildman–Crippen LogP) is 2.72. The van der Waals surface area contributed by atoms with Crippen LogP contribution in [-0.2, 0) is 0 Å². The molecule has 0 radical (unpaired) electrons. The van der Waals surface area contributed by atoms with E-state index in [0.717, 1.165) is 32.5 Å². The van der Waals surface area contributed by atoms with Crippen molar-refractivity contribution in [2.24, 2.45) is 0 Å². The van der Waals surface area contributed by atoms with Gasteiger partial charge in [0.1, 0.15) is 0 Å². The molecule has 0 aliphatic carbocycles. The van der Waals surface area contributed by atoms with Gasteiger partial charge < -0.3 is 15.0 Å². The Labute approximate surface area is 122 Å². The minimum absolute atomic E-state index is 0.0981. The van der Waals surface area contributed by atoms with Crippen molar-refractivity contribution in [1.29, 1.82) is 0 Å². The van der Waals surface area contributed by atoms with Crippen molar-refractivity contribution in [3.8, 4) is 6.01 Å². The Balaban J connectivity index is 2.99. The van der Waals surface area contributed by atoms with Gasteiger partial charge in [-0.15, -0.1) is 0 Å². The number of anilines is 2. The summed E-state index contributed by atoms with van der Waals surface area (Å²) in [6.45, 7) is 12.9. The van der Waals surface area contributed by atoms with Crippen LogP contribution in [0.3, 0.4) is 0 Å². The molecule has 0 amide bonds. The maximum absolute atomic E-state index is 5.74. The first-order valence-electron chi connectivity index (χ1n) is 7.56. The Morgan fingerprint density at radius 3 is 2.35 bits per heavy atom. The lowest BCUT2D eigenvalue weighted by atomic mass is 10.3. The minimum Gasteiger partial charge on any atom is -0.460 e. The molecule has 0 bridgehead atoms. The van der Waals surface area contributed by atoms with Gasteiger partial charge in [0.25, 0.3) is 0 Å². The molecule has 1 atom stereocenters. The summed E-state index contributed by atoms with van der Waals surface area (Å²) in [5, 5.41) is 3.20. The molecule has 0 saturated heterocycles. The van der Waals surface area contributed by atoms with E-state index in [4.69, 9.17) is 4.74 Å². The van der Waals surface area contributed by atoms with Crippen LogP contribution in [0, 0.1) is 0 Å². The highest BCUT2D eigenvalue weighted by Gasteiger charge is 2.13. The van der Waals surface area contributed by atoms with Gasteiger partial charge >= 0.3 is 6.01 Å². The SMILES string of the molecule is CCCNc1nc(OC(C)CC)nc(N(CC)CC)n1. The first kappa shape index (κ1) is 16.5. The monoisotopic (exact) mass is 281 g/mol. The predicted molar refractivity (Wildman–Crippen MR) is 82.5 cm³/mol. The molecular weight excluding hydrogens is 254 g/mol. The average Bonchev–Trinajstić information content (AvgIpc) is 2.46. The zero-order chi connectivity index (χ0) is 15.0. The van der Waals surface area contributed by atoms with Crippen molar-refractivity contribution < 1.29 is 4.74 Å². The van der Waals surface area contributed by atoms with Gasteiger partial charge in [-0.25, -0.2) is 0 Å². The second kappa shape index (κ2) is 8.55. The summed E-state index contributed by atoms with van der Waals surface area (Å²) in [5.41, 5.74) is 0. The fourth-order valence-corrected chi connectivity index (χ4v) is 1.63. The van der Waals surface area contributed by atoms with Gasteiger partial charge in [0.2, 0.25) is 11.9 Å². The maximum Gasteiger partial charge on any atom is 0.323 e. The summed E-state index contributed by atoms with van der Waals surface area (Å²) < 4.78 is 5.74. The summed E-state index contributed by atoms with van der Waals surface area (Å²) in [6.07, 6.45) is 2.04. The lowest BCUT2D eigenvalue weighted by Gasteiger charge is -2.20. The average molecular weight is 281 g/mol. The van der Waals surface area contributed by atoms with Crippen LogP contribution < -0.4 is 15.0 Å². The normalized spacial score (nSPS) is 12.1. The van der Waals surface area contributed by atoms with Crippen molar-refractivity contribution in [3.05, 3.63) is 0 Å². The van der Waals surface area contributed by atoms with E-state index >= 15 is 0 Å². The number of hydrogen-bond acceptors (Lipinski definition) is 6. The first-order valence-corrected chi connectivity index (χ1v) is 7.56. The Morgan fingerprint density at radius 2 is 1.80 bits per heavy atom. The van der Waals surface area contributed by atoms with E-state index in [-0.39, 0.29) is 6.10 Å². The van der Waals surface area contributed by atoms with E-state index in [1.165, 1.54) is 0 Å². The van der Waals surface area contributed by atoms with Crippen molar-refractivity contribution in [3.63, 3.8) is 0 Å². The smallest absolute Gasteiger partial charge is 0.323 e. The molecular formula is C14H27N5O. The van der Waals surface area contributed by atoms with E-state index in [9.17, 15) is 0 Å². The van der Waals surface area contributed by atoms with E-state index in [2.05, 4.69) is 52.9 Å². The van der Waals surface area contributed by atoms with Crippen LogP contribution in [0.1, 0.15) is 47.5 Å². The summed E-state index contributed by atoms with van der Waals surface area (Å²) in [5.74, 6) is 1.25. The summed E-state index contributed by atoms with van der Waals surface area (Å²) in [7, 11) is 0. The zero-order valence-electron chi connectivity index (χ0n) is 13.3. The van der Waals surface area contributed by atoms with Gasteiger partial charge in [-0.2, -0.15) is 15.0 Å². The van der Waals surface area contributed by atoms with E-state index in [0.29, 0.717) is 17.9 Å². The third-order valence-corrected chi connectivity index (χ3v) is 3.06.